The average molecular weight is 457 g/mol. The first-order valence-corrected chi connectivity index (χ1v) is 11.7. The SMILES string of the molecule is Cc1cc(Cl)ccc1NC(=O)CSc1nnc(COc2ccc3c(c2)CCCC3)n1C. The summed E-state index contributed by atoms with van der Waals surface area (Å²) in [5.41, 5.74) is 4.50. The topological polar surface area (TPSA) is 69.0 Å². The number of nitrogens with one attached hydrogen (secondary N) is 1. The highest BCUT2D eigenvalue weighted by Crippen LogP contribution is 2.26. The van der Waals surface area contributed by atoms with Gasteiger partial charge in [-0.25, -0.2) is 0 Å². The van der Waals surface area contributed by atoms with Gasteiger partial charge < -0.3 is 14.6 Å². The molecule has 8 heteroatoms. The molecule has 0 fully saturated rings. The molecule has 0 spiro atoms. The lowest BCUT2D eigenvalue weighted by Crippen LogP contribution is -2.15. The van der Waals surface area contributed by atoms with E-state index >= 15 is 0 Å². The maximum Gasteiger partial charge on any atom is 0.234 e. The first kappa shape index (κ1) is 21.7. The summed E-state index contributed by atoms with van der Waals surface area (Å²) in [7, 11) is 1.88. The van der Waals surface area contributed by atoms with Crippen molar-refractivity contribution >= 4 is 35.0 Å². The minimum atomic E-state index is -0.106. The Bertz CT molecular complexity index is 1100. The number of nitrogens with zero attached hydrogens (tertiary/aromatic N) is 3. The lowest BCUT2D eigenvalue weighted by atomic mass is 9.92. The Morgan fingerprint density at radius 2 is 1.97 bits per heavy atom. The predicted octanol–water partition coefficient (Wildman–Crippen LogP) is 4.97. The van der Waals surface area contributed by atoms with Gasteiger partial charge in [-0.1, -0.05) is 29.4 Å². The van der Waals surface area contributed by atoms with Gasteiger partial charge in [-0.05, 0) is 79.6 Å². The maximum atomic E-state index is 12.3. The number of carbonyl (C=O) groups is 1. The van der Waals surface area contributed by atoms with Crippen LogP contribution in [0.25, 0.3) is 0 Å². The van der Waals surface area contributed by atoms with Crippen molar-refractivity contribution in [2.24, 2.45) is 7.05 Å². The molecule has 0 atom stereocenters. The molecule has 0 radical (unpaired) electrons. The van der Waals surface area contributed by atoms with E-state index in [1.54, 1.807) is 12.1 Å². The Balaban J connectivity index is 1.31. The quantitative estimate of drug-likeness (QED) is 0.508. The summed E-state index contributed by atoms with van der Waals surface area (Å²) in [5, 5.41) is 12.7. The number of fused-ring (bicyclic) bond motifs is 1. The van der Waals surface area contributed by atoms with Crippen molar-refractivity contribution in [2.45, 2.75) is 44.4 Å². The van der Waals surface area contributed by atoms with Gasteiger partial charge in [-0.2, -0.15) is 0 Å². The van der Waals surface area contributed by atoms with Gasteiger partial charge in [0.2, 0.25) is 5.91 Å². The Morgan fingerprint density at radius 3 is 2.77 bits per heavy atom. The molecule has 0 saturated carbocycles. The Morgan fingerprint density at radius 1 is 1.16 bits per heavy atom. The van der Waals surface area contributed by atoms with Crippen LogP contribution >= 0.6 is 23.4 Å². The van der Waals surface area contributed by atoms with Gasteiger partial charge in [0.15, 0.2) is 11.0 Å². The van der Waals surface area contributed by atoms with E-state index in [0.717, 1.165) is 29.8 Å². The number of halogens is 1. The average Bonchev–Trinajstić information content (AvgIpc) is 3.12. The second-order valence-electron chi connectivity index (χ2n) is 7.68. The summed E-state index contributed by atoms with van der Waals surface area (Å²) in [6.07, 6.45) is 4.79. The first-order chi connectivity index (χ1) is 15.0. The smallest absolute Gasteiger partial charge is 0.234 e. The zero-order chi connectivity index (χ0) is 21.8. The van der Waals surface area contributed by atoms with Crippen LogP contribution in [0.3, 0.4) is 0 Å². The first-order valence-electron chi connectivity index (χ1n) is 10.3. The lowest BCUT2D eigenvalue weighted by Gasteiger charge is -2.16. The monoisotopic (exact) mass is 456 g/mol. The highest BCUT2D eigenvalue weighted by atomic mass is 35.5. The zero-order valence-electron chi connectivity index (χ0n) is 17.7. The van der Waals surface area contributed by atoms with Gasteiger partial charge in [0.25, 0.3) is 0 Å². The number of ether oxygens (including phenoxy) is 1. The number of rotatable bonds is 7. The number of aryl methyl sites for hydroxylation is 3. The third-order valence-electron chi connectivity index (χ3n) is 5.41. The van der Waals surface area contributed by atoms with E-state index in [-0.39, 0.29) is 11.7 Å². The third-order valence-corrected chi connectivity index (χ3v) is 6.66. The molecule has 0 saturated heterocycles. The summed E-state index contributed by atoms with van der Waals surface area (Å²) in [6.45, 7) is 2.24. The molecule has 1 heterocycles. The third kappa shape index (κ3) is 5.40. The summed E-state index contributed by atoms with van der Waals surface area (Å²) < 4.78 is 7.82. The molecule has 6 nitrogen and oxygen atoms in total. The van der Waals surface area contributed by atoms with Gasteiger partial charge in [-0.3, -0.25) is 4.79 Å². The molecule has 31 heavy (non-hydrogen) atoms. The second-order valence-corrected chi connectivity index (χ2v) is 9.06. The molecule has 162 valence electrons. The van der Waals surface area contributed by atoms with Crippen molar-refractivity contribution in [3.05, 3.63) is 63.9 Å². The molecule has 0 aliphatic heterocycles. The van der Waals surface area contributed by atoms with Gasteiger partial charge in [-0.15, -0.1) is 10.2 Å². The van der Waals surface area contributed by atoms with E-state index < -0.39 is 0 Å². The van der Waals surface area contributed by atoms with Crippen molar-refractivity contribution in [1.29, 1.82) is 0 Å². The summed E-state index contributed by atoms with van der Waals surface area (Å²) in [4.78, 5) is 12.3. The van der Waals surface area contributed by atoms with E-state index in [1.165, 1.54) is 35.7 Å². The number of thioether (sulfide) groups is 1. The molecule has 1 N–H and O–H groups in total. The molecule has 0 bridgehead atoms. The predicted molar refractivity (Wildman–Crippen MR) is 124 cm³/mol. The van der Waals surface area contributed by atoms with Gasteiger partial charge in [0.05, 0.1) is 5.75 Å². The fourth-order valence-electron chi connectivity index (χ4n) is 3.63. The Hall–Kier alpha value is -2.51. The van der Waals surface area contributed by atoms with Crippen LogP contribution in [0.1, 0.15) is 35.4 Å². The molecule has 1 amide bonds. The Kier molecular flexibility index (Phi) is 6.83. The van der Waals surface area contributed by atoms with Gasteiger partial charge in [0.1, 0.15) is 12.4 Å². The number of anilines is 1. The highest BCUT2D eigenvalue weighted by Gasteiger charge is 2.14. The zero-order valence-corrected chi connectivity index (χ0v) is 19.2. The van der Waals surface area contributed by atoms with Crippen LogP contribution in [-0.4, -0.2) is 26.4 Å². The normalized spacial score (nSPS) is 13.0. The van der Waals surface area contributed by atoms with Crippen molar-refractivity contribution in [3.8, 4) is 5.75 Å². The highest BCUT2D eigenvalue weighted by molar-refractivity contribution is 7.99. The summed E-state index contributed by atoms with van der Waals surface area (Å²) >= 11 is 7.31. The molecule has 3 aromatic rings. The molecular formula is C23H25ClN4O2S. The van der Waals surface area contributed by atoms with E-state index in [9.17, 15) is 4.79 Å². The van der Waals surface area contributed by atoms with E-state index in [0.29, 0.717) is 22.6 Å². The van der Waals surface area contributed by atoms with Gasteiger partial charge >= 0.3 is 0 Å². The van der Waals surface area contributed by atoms with Gasteiger partial charge in [0, 0.05) is 17.8 Å². The number of hydrogen-bond donors (Lipinski definition) is 1. The molecule has 0 unspecified atom stereocenters. The van der Waals surface area contributed by atoms with Crippen LogP contribution in [0, 0.1) is 6.92 Å². The van der Waals surface area contributed by atoms with E-state index in [4.69, 9.17) is 16.3 Å². The Labute approximate surface area is 191 Å². The minimum Gasteiger partial charge on any atom is -0.486 e. The van der Waals surface area contributed by atoms with Crippen LogP contribution in [-0.2, 0) is 31.3 Å². The van der Waals surface area contributed by atoms with Crippen molar-refractivity contribution in [1.82, 2.24) is 14.8 Å². The molecule has 1 aromatic heterocycles. The fraction of sp³-hybridized carbons (Fsp3) is 0.348. The summed E-state index contributed by atoms with van der Waals surface area (Å²) in [5.74, 6) is 1.70. The largest absolute Gasteiger partial charge is 0.486 e. The number of aromatic nitrogens is 3. The van der Waals surface area contributed by atoms with Crippen LogP contribution in [0.4, 0.5) is 5.69 Å². The molecule has 1 aliphatic carbocycles. The number of benzene rings is 2. The van der Waals surface area contributed by atoms with Crippen molar-refractivity contribution in [3.63, 3.8) is 0 Å². The van der Waals surface area contributed by atoms with Crippen LogP contribution < -0.4 is 10.1 Å². The maximum absolute atomic E-state index is 12.3. The summed E-state index contributed by atoms with van der Waals surface area (Å²) in [6, 6.07) is 11.7. The second kappa shape index (κ2) is 9.75. The van der Waals surface area contributed by atoms with Crippen LogP contribution in [0.2, 0.25) is 5.02 Å². The van der Waals surface area contributed by atoms with Crippen molar-refractivity contribution < 1.29 is 9.53 Å². The van der Waals surface area contributed by atoms with Crippen molar-refractivity contribution in [2.75, 3.05) is 11.1 Å². The van der Waals surface area contributed by atoms with E-state index in [1.807, 2.05) is 30.7 Å². The fourth-order valence-corrected chi connectivity index (χ4v) is 4.58. The number of amides is 1. The molecule has 4 rings (SSSR count). The standard InChI is InChI=1S/C23H25ClN4O2S/c1-15-11-18(24)8-10-20(15)25-22(29)14-31-23-27-26-21(28(23)2)13-30-19-9-7-16-5-3-4-6-17(16)12-19/h7-12H,3-6,13-14H2,1-2H3,(H,25,29). The molecule has 2 aromatic carbocycles. The molecule has 1 aliphatic rings. The molecular weight excluding hydrogens is 432 g/mol. The lowest BCUT2D eigenvalue weighted by molar-refractivity contribution is -0.113. The number of hydrogen-bond acceptors (Lipinski definition) is 5. The van der Waals surface area contributed by atoms with E-state index in [2.05, 4.69) is 27.6 Å². The van der Waals surface area contributed by atoms with Crippen LogP contribution in [0.15, 0.2) is 41.6 Å². The minimum absolute atomic E-state index is 0.106. The van der Waals surface area contributed by atoms with Crippen LogP contribution in [0.5, 0.6) is 5.75 Å². The number of carbonyl (C=O) groups excluding carboxylic acids is 1.